The summed E-state index contributed by atoms with van der Waals surface area (Å²) in [4.78, 5) is 4.44. The van der Waals surface area contributed by atoms with Gasteiger partial charge in [-0.05, 0) is 36.7 Å². The smallest absolute Gasteiger partial charge is 0.191 e. The monoisotopic (exact) mass is 357 g/mol. The number of guanidine groups is 1. The van der Waals surface area contributed by atoms with Crippen molar-refractivity contribution in [3.05, 3.63) is 35.9 Å². The average molecular weight is 358 g/mol. The molecule has 3 rings (SSSR count). The summed E-state index contributed by atoms with van der Waals surface area (Å²) >= 11 is 0. The number of rotatable bonds is 5. The van der Waals surface area contributed by atoms with E-state index in [1.807, 2.05) is 7.05 Å². The van der Waals surface area contributed by atoms with E-state index in [1.165, 1.54) is 24.8 Å². The summed E-state index contributed by atoms with van der Waals surface area (Å²) in [6.07, 6.45) is 5.19. The largest absolute Gasteiger partial charge is 0.377 e. The number of aliphatic imine (C=N–C) groups is 1. The molecule has 2 fully saturated rings. The van der Waals surface area contributed by atoms with E-state index in [9.17, 15) is 0 Å². The third-order valence-corrected chi connectivity index (χ3v) is 5.89. The molecule has 0 aromatic heterocycles. The molecule has 0 radical (unpaired) electrons. The van der Waals surface area contributed by atoms with Crippen LogP contribution in [0.1, 0.15) is 52.0 Å². The van der Waals surface area contributed by atoms with E-state index in [-0.39, 0.29) is 5.41 Å². The maximum Gasteiger partial charge on any atom is 0.191 e. The molecule has 26 heavy (non-hydrogen) atoms. The van der Waals surface area contributed by atoms with Crippen molar-refractivity contribution in [1.82, 2.24) is 10.6 Å². The Morgan fingerprint density at radius 3 is 2.54 bits per heavy atom. The van der Waals surface area contributed by atoms with Crippen LogP contribution in [0.2, 0.25) is 0 Å². The first-order valence-corrected chi connectivity index (χ1v) is 10.1. The van der Waals surface area contributed by atoms with Gasteiger partial charge >= 0.3 is 0 Å². The van der Waals surface area contributed by atoms with Crippen molar-refractivity contribution in [3.63, 3.8) is 0 Å². The number of ether oxygens (including phenoxy) is 1. The van der Waals surface area contributed by atoms with Crippen LogP contribution in [0, 0.1) is 11.3 Å². The highest BCUT2D eigenvalue weighted by molar-refractivity contribution is 5.79. The molecule has 1 saturated heterocycles. The SMILES string of the molecule is CN=C(NCC1CCCOC1C(C)(C)C)NCC1(c2ccccc2)CC1. The predicted octanol–water partition coefficient (Wildman–Crippen LogP) is 3.72. The molecule has 4 heteroatoms. The van der Waals surface area contributed by atoms with Crippen molar-refractivity contribution in [2.24, 2.45) is 16.3 Å². The third-order valence-electron chi connectivity index (χ3n) is 5.89. The standard InChI is InChI=1S/C22H35N3O/c1-21(2,3)19-17(9-8-14-26-19)15-24-20(23-4)25-16-22(12-13-22)18-10-6-5-7-11-18/h5-7,10-11,17,19H,8-9,12-16H2,1-4H3,(H2,23,24,25). The molecular formula is C22H35N3O. The molecule has 2 atom stereocenters. The zero-order valence-corrected chi connectivity index (χ0v) is 16.8. The maximum atomic E-state index is 6.10. The average Bonchev–Trinajstić information content (AvgIpc) is 3.43. The van der Waals surface area contributed by atoms with Gasteiger partial charge in [0, 0.05) is 38.1 Å². The van der Waals surface area contributed by atoms with Gasteiger partial charge in [-0.15, -0.1) is 0 Å². The fourth-order valence-electron chi connectivity index (χ4n) is 4.22. The van der Waals surface area contributed by atoms with E-state index < -0.39 is 0 Å². The van der Waals surface area contributed by atoms with Gasteiger partial charge in [0.25, 0.3) is 0 Å². The first-order chi connectivity index (χ1) is 12.4. The number of nitrogens with zero attached hydrogens (tertiary/aromatic N) is 1. The summed E-state index contributed by atoms with van der Waals surface area (Å²) in [6, 6.07) is 10.9. The van der Waals surface area contributed by atoms with Gasteiger partial charge in [0.15, 0.2) is 5.96 Å². The summed E-state index contributed by atoms with van der Waals surface area (Å²) in [5.74, 6) is 1.44. The molecule has 1 aliphatic heterocycles. The van der Waals surface area contributed by atoms with Crippen LogP contribution in [0.5, 0.6) is 0 Å². The first-order valence-electron chi connectivity index (χ1n) is 10.1. The highest BCUT2D eigenvalue weighted by Gasteiger charge is 2.44. The Morgan fingerprint density at radius 1 is 1.19 bits per heavy atom. The number of hydrogen-bond donors (Lipinski definition) is 2. The lowest BCUT2D eigenvalue weighted by Gasteiger charge is -2.40. The zero-order valence-electron chi connectivity index (χ0n) is 16.8. The van der Waals surface area contributed by atoms with Crippen LogP contribution in [0.3, 0.4) is 0 Å². The van der Waals surface area contributed by atoms with E-state index in [1.54, 1.807) is 0 Å². The molecule has 2 N–H and O–H groups in total. The molecule has 4 nitrogen and oxygen atoms in total. The molecule has 0 amide bonds. The summed E-state index contributed by atoms with van der Waals surface area (Å²) in [7, 11) is 1.86. The van der Waals surface area contributed by atoms with Crippen molar-refractivity contribution in [3.8, 4) is 0 Å². The quantitative estimate of drug-likeness (QED) is 0.623. The summed E-state index contributed by atoms with van der Waals surface area (Å²) in [5, 5.41) is 7.11. The molecule has 1 aromatic rings. The minimum atomic E-state index is 0.176. The molecule has 1 heterocycles. The number of hydrogen-bond acceptors (Lipinski definition) is 2. The van der Waals surface area contributed by atoms with Gasteiger partial charge in [-0.2, -0.15) is 0 Å². The second-order valence-electron chi connectivity index (χ2n) is 9.01. The van der Waals surface area contributed by atoms with Crippen molar-refractivity contribution in [2.45, 2.75) is 58.0 Å². The van der Waals surface area contributed by atoms with Crippen LogP contribution >= 0.6 is 0 Å². The van der Waals surface area contributed by atoms with Crippen molar-refractivity contribution < 1.29 is 4.74 Å². The van der Waals surface area contributed by atoms with Crippen LogP contribution in [-0.4, -0.2) is 38.8 Å². The molecule has 1 saturated carbocycles. The van der Waals surface area contributed by atoms with Gasteiger partial charge < -0.3 is 15.4 Å². The molecular weight excluding hydrogens is 322 g/mol. The van der Waals surface area contributed by atoms with Crippen LogP contribution in [0.4, 0.5) is 0 Å². The van der Waals surface area contributed by atoms with Crippen LogP contribution in [0.15, 0.2) is 35.3 Å². The topological polar surface area (TPSA) is 45.7 Å². The molecule has 0 spiro atoms. The van der Waals surface area contributed by atoms with Gasteiger partial charge in [-0.25, -0.2) is 0 Å². The Kier molecular flexibility index (Phi) is 5.91. The minimum Gasteiger partial charge on any atom is -0.377 e. The Morgan fingerprint density at radius 2 is 1.92 bits per heavy atom. The molecule has 2 aliphatic rings. The highest BCUT2D eigenvalue weighted by Crippen LogP contribution is 2.47. The van der Waals surface area contributed by atoms with Gasteiger partial charge in [0.05, 0.1) is 6.10 Å². The molecule has 1 aliphatic carbocycles. The lowest BCUT2D eigenvalue weighted by Crippen LogP contribution is -2.48. The molecule has 1 aromatic carbocycles. The normalized spacial score (nSPS) is 25.6. The van der Waals surface area contributed by atoms with Gasteiger partial charge in [0.1, 0.15) is 0 Å². The summed E-state index contributed by atoms with van der Waals surface area (Å²) in [5.41, 5.74) is 1.91. The second kappa shape index (κ2) is 7.99. The first kappa shape index (κ1) is 19.2. The van der Waals surface area contributed by atoms with Gasteiger partial charge in [-0.1, -0.05) is 51.1 Å². The van der Waals surface area contributed by atoms with Crippen LogP contribution in [0.25, 0.3) is 0 Å². The van der Waals surface area contributed by atoms with E-state index in [4.69, 9.17) is 4.74 Å². The van der Waals surface area contributed by atoms with Crippen LogP contribution in [-0.2, 0) is 10.2 Å². The Hall–Kier alpha value is -1.55. The predicted molar refractivity (Wildman–Crippen MR) is 109 cm³/mol. The Bertz CT molecular complexity index is 602. The van der Waals surface area contributed by atoms with E-state index in [2.05, 4.69) is 66.7 Å². The molecule has 0 bridgehead atoms. The van der Waals surface area contributed by atoms with Crippen molar-refractivity contribution in [1.29, 1.82) is 0 Å². The van der Waals surface area contributed by atoms with Gasteiger partial charge in [0.2, 0.25) is 0 Å². The fourth-order valence-corrected chi connectivity index (χ4v) is 4.22. The zero-order chi connectivity index (χ0) is 18.6. The van der Waals surface area contributed by atoms with Crippen molar-refractivity contribution >= 4 is 5.96 Å². The van der Waals surface area contributed by atoms with Crippen molar-refractivity contribution in [2.75, 3.05) is 26.7 Å². The number of nitrogens with one attached hydrogen (secondary N) is 2. The second-order valence-corrected chi connectivity index (χ2v) is 9.01. The lowest BCUT2D eigenvalue weighted by molar-refractivity contribution is -0.0835. The Labute approximate surface area is 158 Å². The molecule has 144 valence electrons. The molecule has 2 unspecified atom stereocenters. The number of benzene rings is 1. The maximum absolute atomic E-state index is 6.10. The summed E-state index contributed by atoms with van der Waals surface area (Å²) < 4.78 is 6.10. The fraction of sp³-hybridized carbons (Fsp3) is 0.682. The van der Waals surface area contributed by atoms with E-state index in [0.29, 0.717) is 17.4 Å². The minimum absolute atomic E-state index is 0.176. The Balaban J connectivity index is 1.52. The van der Waals surface area contributed by atoms with Crippen LogP contribution < -0.4 is 10.6 Å². The van der Waals surface area contributed by atoms with E-state index in [0.717, 1.165) is 32.1 Å². The van der Waals surface area contributed by atoms with E-state index >= 15 is 0 Å². The summed E-state index contributed by atoms with van der Waals surface area (Å²) in [6.45, 7) is 9.59. The highest BCUT2D eigenvalue weighted by atomic mass is 16.5. The third kappa shape index (κ3) is 4.59. The lowest BCUT2D eigenvalue weighted by atomic mass is 9.78. The van der Waals surface area contributed by atoms with Gasteiger partial charge in [-0.3, -0.25) is 4.99 Å².